The zero-order chi connectivity index (χ0) is 20.7. The summed E-state index contributed by atoms with van der Waals surface area (Å²) >= 11 is 0. The number of hydrogen-bond donors (Lipinski definition) is 0. The van der Waals surface area contributed by atoms with Crippen molar-refractivity contribution >= 4 is 17.8 Å². The van der Waals surface area contributed by atoms with Crippen molar-refractivity contribution in [2.75, 3.05) is 13.2 Å². The fourth-order valence-corrected chi connectivity index (χ4v) is 2.68. The zero-order valence-corrected chi connectivity index (χ0v) is 16.5. The van der Waals surface area contributed by atoms with Gasteiger partial charge in [-0.15, -0.1) is 0 Å². The number of ether oxygens (including phenoxy) is 2. The minimum atomic E-state index is -0.828. The van der Waals surface area contributed by atoms with Crippen LogP contribution in [0.2, 0.25) is 0 Å². The summed E-state index contributed by atoms with van der Waals surface area (Å²) in [4.78, 5) is 24.6. The molecule has 0 aromatic heterocycles. The molecule has 144 valence electrons. The van der Waals surface area contributed by atoms with Gasteiger partial charge in [0.05, 0.1) is 6.61 Å². The van der Waals surface area contributed by atoms with Crippen molar-refractivity contribution in [3.05, 3.63) is 69.8 Å². The number of aryl methyl sites for hydroxylation is 3. The van der Waals surface area contributed by atoms with Gasteiger partial charge in [-0.05, 0) is 74.2 Å². The normalized spacial score (nSPS) is 10.9. The maximum Gasteiger partial charge on any atom is 0.349 e. The molecular formula is C23H23NO4. The number of carbonyl (C=O) groups excluding carboxylic acids is 2. The van der Waals surface area contributed by atoms with Gasteiger partial charge in [-0.3, -0.25) is 4.79 Å². The van der Waals surface area contributed by atoms with E-state index in [0.717, 1.165) is 16.7 Å². The molecule has 0 spiro atoms. The molecule has 2 aromatic carbocycles. The van der Waals surface area contributed by atoms with Crippen molar-refractivity contribution < 1.29 is 19.1 Å². The van der Waals surface area contributed by atoms with E-state index in [9.17, 15) is 14.9 Å². The molecule has 5 nitrogen and oxygen atoms in total. The number of esters is 1. The quantitative estimate of drug-likeness (QED) is 0.310. The third kappa shape index (κ3) is 5.31. The number of Topliss-reactive ketones (excluding diaryl/α,β-unsaturated/α-hetero) is 1. The topological polar surface area (TPSA) is 76.4 Å². The van der Waals surface area contributed by atoms with Gasteiger partial charge in [0.2, 0.25) is 5.78 Å². The van der Waals surface area contributed by atoms with E-state index >= 15 is 0 Å². The smallest absolute Gasteiger partial charge is 0.349 e. The average Bonchev–Trinajstić information content (AvgIpc) is 2.68. The molecule has 0 fully saturated rings. The Balaban J connectivity index is 2.07. The minimum absolute atomic E-state index is 0.172. The second-order valence-electron chi connectivity index (χ2n) is 6.42. The highest BCUT2D eigenvalue weighted by Gasteiger charge is 2.16. The SMILES string of the molecule is CCOc1ccc(/C=C(\C#N)C(=O)OCC(=O)c2cc(C)c(C)cc2C)cc1. The number of nitrogens with zero attached hydrogens (tertiary/aromatic N) is 1. The summed E-state index contributed by atoms with van der Waals surface area (Å²) in [5.74, 6) is -0.423. The number of hydrogen-bond acceptors (Lipinski definition) is 5. The van der Waals surface area contributed by atoms with Crippen LogP contribution >= 0.6 is 0 Å². The highest BCUT2D eigenvalue weighted by atomic mass is 16.5. The largest absolute Gasteiger partial charge is 0.494 e. The van der Waals surface area contributed by atoms with Crippen LogP contribution in [0.3, 0.4) is 0 Å². The third-order valence-corrected chi connectivity index (χ3v) is 4.32. The number of carbonyl (C=O) groups is 2. The number of nitriles is 1. The minimum Gasteiger partial charge on any atom is -0.494 e. The fraction of sp³-hybridized carbons (Fsp3) is 0.261. The third-order valence-electron chi connectivity index (χ3n) is 4.32. The van der Waals surface area contributed by atoms with E-state index in [1.165, 1.54) is 6.08 Å². The van der Waals surface area contributed by atoms with E-state index < -0.39 is 12.6 Å². The van der Waals surface area contributed by atoms with Gasteiger partial charge in [0, 0.05) is 5.56 Å². The molecule has 0 aliphatic rings. The van der Waals surface area contributed by atoms with E-state index in [1.54, 1.807) is 30.3 Å². The zero-order valence-electron chi connectivity index (χ0n) is 16.5. The second kappa shape index (κ2) is 9.52. The standard InChI is InChI=1S/C23H23NO4/c1-5-27-20-8-6-18(7-9-20)12-19(13-24)23(26)28-14-22(25)21-11-16(3)15(2)10-17(21)4/h6-12H,5,14H2,1-4H3/b19-12+. The molecule has 0 aliphatic carbocycles. The molecule has 28 heavy (non-hydrogen) atoms. The average molecular weight is 377 g/mol. The van der Waals surface area contributed by atoms with Gasteiger partial charge in [-0.2, -0.15) is 5.26 Å². The molecule has 0 amide bonds. The summed E-state index contributed by atoms with van der Waals surface area (Å²) in [7, 11) is 0. The summed E-state index contributed by atoms with van der Waals surface area (Å²) in [6, 6.07) is 12.5. The first-order valence-electron chi connectivity index (χ1n) is 8.98. The van der Waals surface area contributed by atoms with Crippen molar-refractivity contribution in [2.24, 2.45) is 0 Å². The lowest BCUT2D eigenvalue weighted by Gasteiger charge is -2.09. The Morgan fingerprint density at radius 2 is 1.68 bits per heavy atom. The highest BCUT2D eigenvalue weighted by molar-refractivity contribution is 6.02. The van der Waals surface area contributed by atoms with E-state index in [0.29, 0.717) is 23.5 Å². The molecule has 0 radical (unpaired) electrons. The number of rotatable bonds is 7. The van der Waals surface area contributed by atoms with Crippen LogP contribution < -0.4 is 4.74 Å². The first-order chi connectivity index (χ1) is 13.3. The molecular weight excluding hydrogens is 354 g/mol. The molecule has 0 aliphatic heterocycles. The molecule has 0 atom stereocenters. The van der Waals surface area contributed by atoms with Gasteiger partial charge >= 0.3 is 5.97 Å². The maximum absolute atomic E-state index is 12.4. The van der Waals surface area contributed by atoms with Crippen LogP contribution in [0.5, 0.6) is 5.75 Å². The van der Waals surface area contributed by atoms with Gasteiger partial charge in [0.1, 0.15) is 17.4 Å². The number of benzene rings is 2. The van der Waals surface area contributed by atoms with Crippen LogP contribution in [-0.2, 0) is 9.53 Å². The highest BCUT2D eigenvalue weighted by Crippen LogP contribution is 2.17. The molecule has 2 rings (SSSR count). The first kappa shape index (κ1) is 20.9. The lowest BCUT2D eigenvalue weighted by molar-refractivity contribution is -0.137. The Bertz CT molecular complexity index is 950. The molecule has 0 saturated heterocycles. The van der Waals surface area contributed by atoms with Crippen LogP contribution in [0.4, 0.5) is 0 Å². The predicted molar refractivity (Wildman–Crippen MR) is 107 cm³/mol. The Hall–Kier alpha value is -3.39. The fourth-order valence-electron chi connectivity index (χ4n) is 2.68. The summed E-state index contributed by atoms with van der Waals surface area (Å²) in [6.45, 7) is 7.77. The summed E-state index contributed by atoms with van der Waals surface area (Å²) in [5, 5.41) is 9.26. The molecule has 0 N–H and O–H groups in total. The Labute approximate surface area is 165 Å². The van der Waals surface area contributed by atoms with Crippen LogP contribution in [0.15, 0.2) is 42.0 Å². The van der Waals surface area contributed by atoms with Gasteiger partial charge in [0.15, 0.2) is 6.61 Å². The van der Waals surface area contributed by atoms with Gasteiger partial charge in [0.25, 0.3) is 0 Å². The molecule has 0 saturated carbocycles. The Morgan fingerprint density at radius 3 is 2.29 bits per heavy atom. The van der Waals surface area contributed by atoms with Gasteiger partial charge < -0.3 is 9.47 Å². The maximum atomic E-state index is 12.4. The Kier molecular flexibility index (Phi) is 7.11. The molecule has 2 aromatic rings. The number of ketones is 1. The van der Waals surface area contributed by atoms with Crippen LogP contribution in [-0.4, -0.2) is 25.0 Å². The molecule has 0 unspecified atom stereocenters. The Morgan fingerprint density at radius 1 is 1.04 bits per heavy atom. The van der Waals surface area contributed by atoms with Crippen LogP contribution in [0.1, 0.15) is 39.5 Å². The van der Waals surface area contributed by atoms with Gasteiger partial charge in [-0.25, -0.2) is 4.79 Å². The predicted octanol–water partition coefficient (Wildman–Crippen LogP) is 4.34. The van der Waals surface area contributed by atoms with E-state index in [4.69, 9.17) is 9.47 Å². The first-order valence-corrected chi connectivity index (χ1v) is 8.98. The van der Waals surface area contributed by atoms with Gasteiger partial charge in [-0.1, -0.05) is 18.2 Å². The lowest BCUT2D eigenvalue weighted by Crippen LogP contribution is -2.16. The van der Waals surface area contributed by atoms with Crippen molar-refractivity contribution in [1.82, 2.24) is 0 Å². The summed E-state index contributed by atoms with van der Waals surface area (Å²) in [6.07, 6.45) is 1.42. The van der Waals surface area contributed by atoms with E-state index in [2.05, 4.69) is 0 Å². The van der Waals surface area contributed by atoms with Crippen LogP contribution in [0, 0.1) is 32.1 Å². The molecule has 5 heteroatoms. The summed E-state index contributed by atoms with van der Waals surface area (Å²) < 4.78 is 10.4. The van der Waals surface area contributed by atoms with E-state index in [-0.39, 0.29) is 11.4 Å². The second-order valence-corrected chi connectivity index (χ2v) is 6.42. The molecule has 0 bridgehead atoms. The van der Waals surface area contributed by atoms with Crippen molar-refractivity contribution in [1.29, 1.82) is 5.26 Å². The molecule has 0 heterocycles. The van der Waals surface area contributed by atoms with E-state index in [1.807, 2.05) is 39.8 Å². The van der Waals surface area contributed by atoms with Crippen molar-refractivity contribution in [2.45, 2.75) is 27.7 Å². The van der Waals surface area contributed by atoms with Crippen molar-refractivity contribution in [3.8, 4) is 11.8 Å². The monoisotopic (exact) mass is 377 g/mol. The van der Waals surface area contributed by atoms with Crippen molar-refractivity contribution in [3.63, 3.8) is 0 Å². The van der Waals surface area contributed by atoms with Crippen LogP contribution in [0.25, 0.3) is 6.08 Å². The lowest BCUT2D eigenvalue weighted by atomic mass is 9.98. The summed E-state index contributed by atoms with van der Waals surface area (Å²) in [5.41, 5.74) is 3.92.